The van der Waals surface area contributed by atoms with Gasteiger partial charge >= 0.3 is 15.9 Å². The number of aryl methyl sites for hydroxylation is 1. The molecule has 4 amide bonds. The second-order valence-corrected chi connectivity index (χ2v) is 15.3. The van der Waals surface area contributed by atoms with Gasteiger partial charge in [0.05, 0.1) is 30.7 Å². The molecule has 8 rings (SSSR count). The van der Waals surface area contributed by atoms with Crippen LogP contribution in [0.1, 0.15) is 36.8 Å². The molecule has 0 spiro atoms. The number of ether oxygens (including phenoxy) is 1. The number of aromatic nitrogens is 2. The summed E-state index contributed by atoms with van der Waals surface area (Å²) in [5.41, 5.74) is 1.37. The van der Waals surface area contributed by atoms with Gasteiger partial charge in [-0.25, -0.2) is 18.2 Å². The fraction of sp³-hybridized carbons (Fsp3) is 0.382. The van der Waals surface area contributed by atoms with Gasteiger partial charge in [0.25, 0.3) is 5.91 Å². The molecule has 4 aromatic rings. The number of amides is 4. The molecule has 3 aromatic carbocycles. The van der Waals surface area contributed by atoms with E-state index in [1.54, 1.807) is 22.7 Å². The number of anilines is 1. The zero-order chi connectivity index (χ0) is 36.6. The van der Waals surface area contributed by atoms with Crippen LogP contribution in [0.4, 0.5) is 10.1 Å². The van der Waals surface area contributed by atoms with E-state index in [1.165, 1.54) is 27.3 Å². The van der Waals surface area contributed by atoms with E-state index < -0.39 is 51.9 Å². The third-order valence-electron chi connectivity index (χ3n) is 10.3. The van der Waals surface area contributed by atoms with Crippen molar-refractivity contribution in [1.29, 1.82) is 0 Å². The lowest BCUT2D eigenvalue weighted by atomic mass is 9.98. The van der Waals surface area contributed by atoms with Crippen molar-refractivity contribution in [2.24, 2.45) is 7.05 Å². The van der Waals surface area contributed by atoms with Crippen molar-refractivity contribution in [2.45, 2.75) is 37.3 Å². The molecule has 52 heavy (non-hydrogen) atoms. The van der Waals surface area contributed by atoms with E-state index in [4.69, 9.17) is 4.74 Å². The summed E-state index contributed by atoms with van der Waals surface area (Å²) in [5, 5.41) is 13.0. The standard InChI is InChI=1S/C34H34FN7O9S/c1-38-26-10-18(3-5-24(26)42(34(38)48)25-6-7-28(44)36-33(25)47)20-8-9-39(13-20)17-30(46)40-14-22(15-40)51-21-4-2-19-11-27(43)32(31(35)23(19)12-21)41-16-29(45)37-52(41,49)50/h2-5,10-12,20,22,25,43H,6-9,13-17H2,1H3,(H,37,45)(H,36,44,47)/t20-,25?/m1/s1. The van der Waals surface area contributed by atoms with E-state index in [9.17, 15) is 37.5 Å². The summed E-state index contributed by atoms with van der Waals surface area (Å²) in [6, 6.07) is 10.7. The molecule has 1 unspecified atom stereocenters. The molecule has 4 fully saturated rings. The summed E-state index contributed by atoms with van der Waals surface area (Å²) < 4.78 is 51.4. The number of imide groups is 1. The largest absolute Gasteiger partial charge is 0.506 e. The smallest absolute Gasteiger partial charge is 0.329 e. The van der Waals surface area contributed by atoms with Crippen LogP contribution >= 0.6 is 0 Å². The second kappa shape index (κ2) is 12.3. The van der Waals surface area contributed by atoms with Crippen LogP contribution < -0.4 is 24.8 Å². The monoisotopic (exact) mass is 735 g/mol. The third-order valence-corrected chi connectivity index (χ3v) is 11.7. The van der Waals surface area contributed by atoms with E-state index in [2.05, 4.69) is 10.2 Å². The quantitative estimate of drug-likeness (QED) is 0.226. The maximum atomic E-state index is 15.6. The minimum atomic E-state index is -4.35. The van der Waals surface area contributed by atoms with Crippen molar-refractivity contribution in [2.75, 3.05) is 43.6 Å². The lowest BCUT2D eigenvalue weighted by Gasteiger charge is -2.39. The van der Waals surface area contributed by atoms with E-state index >= 15 is 4.39 Å². The van der Waals surface area contributed by atoms with Crippen LogP contribution in [-0.2, 0) is 36.4 Å². The average Bonchev–Trinajstić information content (AvgIpc) is 3.72. The van der Waals surface area contributed by atoms with E-state index in [-0.39, 0.29) is 54.3 Å². The van der Waals surface area contributed by atoms with Crippen molar-refractivity contribution in [3.63, 3.8) is 0 Å². The van der Waals surface area contributed by atoms with Crippen LogP contribution in [-0.4, -0.2) is 101 Å². The Morgan fingerprint density at radius 3 is 2.52 bits per heavy atom. The summed E-state index contributed by atoms with van der Waals surface area (Å²) in [7, 11) is -2.69. The number of fused-ring (bicyclic) bond motifs is 2. The molecule has 272 valence electrons. The molecule has 0 aliphatic carbocycles. The summed E-state index contributed by atoms with van der Waals surface area (Å²) in [6.45, 7) is 1.56. The van der Waals surface area contributed by atoms with Crippen LogP contribution in [0.25, 0.3) is 21.8 Å². The molecule has 2 atom stereocenters. The highest BCUT2D eigenvalue weighted by Gasteiger charge is 2.39. The van der Waals surface area contributed by atoms with Crippen LogP contribution in [0.5, 0.6) is 11.5 Å². The first kappa shape index (κ1) is 33.6. The minimum absolute atomic E-state index is 0.0102. The highest BCUT2D eigenvalue weighted by atomic mass is 32.2. The first-order valence-corrected chi connectivity index (χ1v) is 18.2. The molecule has 3 N–H and O–H groups in total. The normalized spacial score (nSPS) is 22.2. The van der Waals surface area contributed by atoms with Gasteiger partial charge in [0.1, 0.15) is 35.9 Å². The Labute approximate surface area is 295 Å². The van der Waals surface area contributed by atoms with Gasteiger partial charge in [-0.15, -0.1) is 0 Å². The minimum Gasteiger partial charge on any atom is -0.506 e. The number of piperidine rings is 1. The Kier molecular flexibility index (Phi) is 7.98. The first-order chi connectivity index (χ1) is 24.8. The summed E-state index contributed by atoms with van der Waals surface area (Å²) >= 11 is 0. The zero-order valence-electron chi connectivity index (χ0n) is 27.9. The number of hydrogen-bond donors (Lipinski definition) is 3. The van der Waals surface area contributed by atoms with Gasteiger partial charge in [-0.05, 0) is 66.6 Å². The first-order valence-electron chi connectivity index (χ1n) is 16.8. The number of nitrogens with zero attached hydrogens (tertiary/aromatic N) is 5. The van der Waals surface area contributed by atoms with Crippen molar-refractivity contribution in [1.82, 2.24) is 29.0 Å². The molecule has 5 heterocycles. The van der Waals surface area contributed by atoms with Gasteiger partial charge < -0.3 is 14.7 Å². The maximum absolute atomic E-state index is 15.6. The van der Waals surface area contributed by atoms with Crippen LogP contribution in [0.3, 0.4) is 0 Å². The Hall–Kier alpha value is -5.49. The van der Waals surface area contributed by atoms with Crippen molar-refractivity contribution < 1.29 is 41.8 Å². The summed E-state index contributed by atoms with van der Waals surface area (Å²) in [5.74, 6) is -2.96. The Morgan fingerprint density at radius 2 is 1.79 bits per heavy atom. The topological polar surface area (TPSA) is 193 Å². The number of aromatic hydroxyl groups is 1. The number of hydrogen-bond acceptors (Lipinski definition) is 10. The number of likely N-dealkylation sites (tertiary alicyclic amines) is 2. The summed E-state index contributed by atoms with van der Waals surface area (Å²) in [6.07, 6.45) is 0.896. The molecule has 18 heteroatoms. The van der Waals surface area contributed by atoms with Gasteiger partial charge in [0.15, 0.2) is 5.82 Å². The van der Waals surface area contributed by atoms with Crippen LogP contribution in [0, 0.1) is 5.82 Å². The van der Waals surface area contributed by atoms with E-state index in [1.807, 2.05) is 18.2 Å². The second-order valence-electron chi connectivity index (χ2n) is 13.7. The predicted octanol–water partition coefficient (Wildman–Crippen LogP) is 0.576. The van der Waals surface area contributed by atoms with Gasteiger partial charge in [-0.3, -0.25) is 38.5 Å². The number of phenols is 1. The molecule has 0 radical (unpaired) electrons. The van der Waals surface area contributed by atoms with E-state index in [0.29, 0.717) is 52.7 Å². The predicted molar refractivity (Wildman–Crippen MR) is 183 cm³/mol. The molecule has 4 aliphatic rings. The Bertz CT molecular complexity index is 2390. The van der Waals surface area contributed by atoms with Gasteiger partial charge in [0, 0.05) is 25.4 Å². The third kappa shape index (κ3) is 5.71. The van der Waals surface area contributed by atoms with Gasteiger partial charge in [-0.2, -0.15) is 8.42 Å². The molecule has 16 nitrogen and oxygen atoms in total. The van der Waals surface area contributed by atoms with Crippen LogP contribution in [0.2, 0.25) is 0 Å². The average molecular weight is 736 g/mol. The van der Waals surface area contributed by atoms with Crippen LogP contribution in [0.15, 0.2) is 47.3 Å². The Morgan fingerprint density at radius 1 is 1.00 bits per heavy atom. The molecule has 0 saturated carbocycles. The highest BCUT2D eigenvalue weighted by molar-refractivity contribution is 7.92. The van der Waals surface area contributed by atoms with Crippen molar-refractivity contribution >= 4 is 61.3 Å². The number of carbonyl (C=O) groups excluding carboxylic acids is 4. The molecule has 4 aliphatic heterocycles. The Balaban J connectivity index is 0.883. The molecule has 4 saturated heterocycles. The number of carbonyl (C=O) groups is 4. The fourth-order valence-electron chi connectivity index (χ4n) is 7.58. The highest BCUT2D eigenvalue weighted by Crippen LogP contribution is 2.40. The number of nitrogens with one attached hydrogen (secondary N) is 2. The molecule has 1 aromatic heterocycles. The molecule has 0 bridgehead atoms. The van der Waals surface area contributed by atoms with Crippen molar-refractivity contribution in [3.05, 3.63) is 64.3 Å². The summed E-state index contributed by atoms with van der Waals surface area (Å²) in [4.78, 5) is 65.9. The SMILES string of the molecule is Cn1c(=O)n(C2CCC(=O)NC2=O)c2ccc([C@@H]3CCN(CC(=O)N4CC(Oc5ccc6cc(O)c(N7CC(=O)NS7(=O)=O)c(F)c6c5)C4)C3)cc21. The molecular weight excluding hydrogens is 701 g/mol. The number of halogens is 1. The van der Waals surface area contributed by atoms with Gasteiger partial charge in [-0.1, -0.05) is 12.1 Å². The fourth-order valence-corrected chi connectivity index (χ4v) is 8.74. The number of benzene rings is 3. The zero-order valence-corrected chi connectivity index (χ0v) is 28.7. The number of rotatable bonds is 7. The van der Waals surface area contributed by atoms with Crippen molar-refractivity contribution in [3.8, 4) is 11.5 Å². The number of imidazole rings is 1. The lowest BCUT2D eigenvalue weighted by molar-refractivity contribution is -0.141. The maximum Gasteiger partial charge on any atom is 0.329 e. The lowest BCUT2D eigenvalue weighted by Crippen LogP contribution is -2.58. The molecular formula is C34H34FN7O9S. The van der Waals surface area contributed by atoms with E-state index in [0.717, 1.165) is 12.0 Å². The number of phenolic OH excluding ortho intramolecular Hbond substituents is 1. The van der Waals surface area contributed by atoms with Gasteiger partial charge in [0.2, 0.25) is 17.7 Å².